The summed E-state index contributed by atoms with van der Waals surface area (Å²) in [5.74, 6) is 0. The van der Waals surface area contributed by atoms with Crippen molar-refractivity contribution in [3.63, 3.8) is 0 Å². The molecule has 5 heteroatoms. The molecular weight excluding hydrogens is 305 g/mol. The minimum Gasteiger partial charge on any atom is -0.230 e. The van der Waals surface area contributed by atoms with Gasteiger partial charge in [-0.1, -0.05) is 59.6 Å². The zero-order valence-electron chi connectivity index (χ0n) is 10.8. The lowest BCUT2D eigenvalue weighted by Crippen LogP contribution is -1.99. The molecule has 0 atom stereocenters. The minimum absolute atomic E-state index is 0.176. The number of hydrogen-bond donors (Lipinski definition) is 0. The third-order valence-corrected chi connectivity index (χ3v) is 3.75. The van der Waals surface area contributed by atoms with Crippen molar-refractivity contribution in [1.29, 1.82) is 5.26 Å². The largest absolute Gasteiger partial charge is 0.230 e. The highest BCUT2D eigenvalue weighted by Gasteiger charge is 2.20. The molecule has 0 fully saturated rings. The second-order valence-corrected chi connectivity index (χ2v) is 5.14. The van der Waals surface area contributed by atoms with Crippen molar-refractivity contribution in [2.24, 2.45) is 0 Å². The minimum atomic E-state index is 0.176. The van der Waals surface area contributed by atoms with Crippen molar-refractivity contribution in [1.82, 2.24) is 9.78 Å². The number of nitriles is 1. The predicted octanol–water partition coefficient (Wildman–Crippen LogP) is 4.72. The van der Waals surface area contributed by atoms with Crippen LogP contribution in [0.25, 0.3) is 16.9 Å². The third kappa shape index (κ3) is 2.40. The maximum Gasteiger partial charge on any atom is 0.182 e. The second-order valence-electron chi connectivity index (χ2n) is 4.35. The summed E-state index contributed by atoms with van der Waals surface area (Å²) in [6.45, 7) is 0. The molecule has 0 aliphatic heterocycles. The van der Waals surface area contributed by atoms with Crippen LogP contribution >= 0.6 is 23.2 Å². The van der Waals surface area contributed by atoms with E-state index in [2.05, 4.69) is 5.10 Å². The molecule has 0 unspecified atom stereocenters. The van der Waals surface area contributed by atoms with E-state index in [1.807, 2.05) is 54.6 Å². The van der Waals surface area contributed by atoms with Crippen LogP contribution in [-0.4, -0.2) is 9.78 Å². The fourth-order valence-electron chi connectivity index (χ4n) is 2.11. The highest BCUT2D eigenvalue weighted by molar-refractivity contribution is 6.36. The van der Waals surface area contributed by atoms with Gasteiger partial charge in [-0.3, -0.25) is 0 Å². The van der Waals surface area contributed by atoms with Crippen molar-refractivity contribution in [2.45, 2.75) is 0 Å². The smallest absolute Gasteiger partial charge is 0.182 e. The van der Waals surface area contributed by atoms with E-state index in [4.69, 9.17) is 23.2 Å². The molecule has 0 aliphatic carbocycles. The Morgan fingerprint density at radius 2 is 1.62 bits per heavy atom. The summed E-state index contributed by atoms with van der Waals surface area (Å²) in [6.07, 6.45) is 0. The summed E-state index contributed by atoms with van der Waals surface area (Å²) in [6, 6.07) is 18.8. The highest BCUT2D eigenvalue weighted by atomic mass is 35.5. The van der Waals surface area contributed by atoms with Crippen LogP contribution in [0.5, 0.6) is 0 Å². The lowest BCUT2D eigenvalue weighted by atomic mass is 10.1. The van der Waals surface area contributed by atoms with E-state index < -0.39 is 0 Å². The highest BCUT2D eigenvalue weighted by Crippen LogP contribution is 2.36. The zero-order chi connectivity index (χ0) is 14.8. The molecule has 0 radical (unpaired) electrons. The van der Waals surface area contributed by atoms with Crippen molar-refractivity contribution in [3.8, 4) is 23.0 Å². The molecule has 0 bridgehead atoms. The van der Waals surface area contributed by atoms with Gasteiger partial charge >= 0.3 is 0 Å². The normalized spacial score (nSPS) is 10.3. The zero-order valence-corrected chi connectivity index (χ0v) is 12.3. The lowest BCUT2D eigenvalue weighted by Gasteiger charge is -2.09. The van der Waals surface area contributed by atoms with Crippen LogP contribution in [0.1, 0.15) is 5.69 Å². The molecule has 0 N–H and O–H groups in total. The van der Waals surface area contributed by atoms with Crippen LogP contribution in [0.15, 0.2) is 54.6 Å². The molecule has 0 spiro atoms. The van der Waals surface area contributed by atoms with Gasteiger partial charge in [-0.15, -0.1) is 0 Å². The molecule has 3 aromatic rings. The number of para-hydroxylation sites is 1. The van der Waals surface area contributed by atoms with Crippen LogP contribution in [-0.2, 0) is 0 Å². The molecular formula is C16H9Cl2N3. The quantitative estimate of drug-likeness (QED) is 0.687. The molecule has 2 aromatic carbocycles. The number of nitrogens with zero attached hydrogens (tertiary/aromatic N) is 3. The van der Waals surface area contributed by atoms with Crippen molar-refractivity contribution in [2.75, 3.05) is 0 Å². The Morgan fingerprint density at radius 3 is 2.29 bits per heavy atom. The van der Waals surface area contributed by atoms with Crippen LogP contribution in [0.3, 0.4) is 0 Å². The number of aromatic nitrogens is 2. The summed E-state index contributed by atoms with van der Waals surface area (Å²) in [5, 5.41) is 14.3. The SMILES string of the molecule is N#Cc1nn(-c2ccccc2)c(-c2ccccc2Cl)c1Cl. The van der Waals surface area contributed by atoms with Gasteiger partial charge in [0.2, 0.25) is 0 Å². The Labute approximate surface area is 132 Å². The Morgan fingerprint density at radius 1 is 0.952 bits per heavy atom. The van der Waals surface area contributed by atoms with Crippen LogP contribution in [0.4, 0.5) is 0 Å². The van der Waals surface area contributed by atoms with E-state index in [1.54, 1.807) is 10.7 Å². The summed E-state index contributed by atoms with van der Waals surface area (Å²) in [4.78, 5) is 0. The Hall–Kier alpha value is -2.28. The van der Waals surface area contributed by atoms with Crippen molar-refractivity contribution < 1.29 is 0 Å². The van der Waals surface area contributed by atoms with Gasteiger partial charge in [0.25, 0.3) is 0 Å². The van der Waals surface area contributed by atoms with E-state index in [9.17, 15) is 5.26 Å². The van der Waals surface area contributed by atoms with Crippen molar-refractivity contribution >= 4 is 23.2 Å². The molecule has 1 heterocycles. The molecule has 3 rings (SSSR count). The molecule has 0 aliphatic rings. The number of halogens is 2. The van der Waals surface area contributed by atoms with Gasteiger partial charge in [0.05, 0.1) is 16.4 Å². The standard InChI is InChI=1S/C16H9Cl2N3/c17-13-9-5-4-8-12(13)16-15(18)14(10-19)20-21(16)11-6-2-1-3-7-11/h1-9H. The maximum atomic E-state index is 9.18. The number of hydrogen-bond acceptors (Lipinski definition) is 2. The van der Waals surface area contributed by atoms with Crippen molar-refractivity contribution in [3.05, 3.63) is 70.3 Å². The molecule has 0 saturated heterocycles. The fraction of sp³-hybridized carbons (Fsp3) is 0. The summed E-state index contributed by atoms with van der Waals surface area (Å²) < 4.78 is 1.64. The first-order valence-electron chi connectivity index (χ1n) is 6.21. The molecule has 1 aromatic heterocycles. The van der Waals surface area contributed by atoms with Gasteiger partial charge in [-0.05, 0) is 18.2 Å². The van der Waals surface area contributed by atoms with E-state index in [1.165, 1.54) is 0 Å². The average molecular weight is 314 g/mol. The van der Waals surface area contributed by atoms with Gasteiger partial charge in [-0.25, -0.2) is 4.68 Å². The monoisotopic (exact) mass is 313 g/mol. The van der Waals surface area contributed by atoms with Gasteiger partial charge in [0.15, 0.2) is 5.69 Å². The van der Waals surface area contributed by atoms with Gasteiger partial charge in [0, 0.05) is 5.56 Å². The summed E-state index contributed by atoms with van der Waals surface area (Å²) in [7, 11) is 0. The second kappa shape index (κ2) is 5.61. The van der Waals surface area contributed by atoms with Crippen LogP contribution in [0.2, 0.25) is 10.0 Å². The topological polar surface area (TPSA) is 41.6 Å². The molecule has 21 heavy (non-hydrogen) atoms. The lowest BCUT2D eigenvalue weighted by molar-refractivity contribution is 0.880. The fourth-order valence-corrected chi connectivity index (χ4v) is 2.60. The first-order valence-corrected chi connectivity index (χ1v) is 6.97. The summed E-state index contributed by atoms with van der Waals surface area (Å²) >= 11 is 12.6. The van der Waals surface area contributed by atoms with Gasteiger partial charge in [0.1, 0.15) is 11.1 Å². The first-order chi connectivity index (χ1) is 10.2. The predicted molar refractivity (Wildman–Crippen MR) is 83.7 cm³/mol. The molecule has 102 valence electrons. The Kier molecular flexibility index (Phi) is 3.66. The Balaban J connectivity index is 2.32. The van der Waals surface area contributed by atoms with E-state index in [-0.39, 0.29) is 5.69 Å². The van der Waals surface area contributed by atoms with Gasteiger partial charge < -0.3 is 0 Å². The van der Waals surface area contributed by atoms with Gasteiger partial charge in [-0.2, -0.15) is 10.4 Å². The van der Waals surface area contributed by atoms with Crippen LogP contribution < -0.4 is 0 Å². The molecule has 3 nitrogen and oxygen atoms in total. The molecule has 0 saturated carbocycles. The number of benzene rings is 2. The average Bonchev–Trinajstić information content (AvgIpc) is 2.85. The third-order valence-electron chi connectivity index (χ3n) is 3.06. The van der Waals surface area contributed by atoms with E-state index >= 15 is 0 Å². The van der Waals surface area contributed by atoms with E-state index in [0.717, 1.165) is 11.3 Å². The summed E-state index contributed by atoms with van der Waals surface area (Å²) in [5.41, 5.74) is 2.35. The van der Waals surface area contributed by atoms with E-state index in [0.29, 0.717) is 15.7 Å². The van der Waals surface area contributed by atoms with Crippen LogP contribution in [0, 0.1) is 11.3 Å². The Bertz CT molecular complexity index is 832. The molecule has 0 amide bonds. The first kappa shape index (κ1) is 13.7. The number of rotatable bonds is 2. The maximum absolute atomic E-state index is 9.18.